The number of nitrogens with zero attached hydrogens (tertiary/aromatic N) is 4. The maximum absolute atomic E-state index is 6.49. The Bertz CT molecular complexity index is 2590. The predicted molar refractivity (Wildman–Crippen MR) is 209 cm³/mol. The van der Waals surface area contributed by atoms with Crippen LogP contribution in [0.5, 0.6) is 0 Å². The Morgan fingerprint density at radius 1 is 0.635 bits per heavy atom. The molecule has 9 aromatic rings. The van der Waals surface area contributed by atoms with Gasteiger partial charge in [0.25, 0.3) is 0 Å². The van der Waals surface area contributed by atoms with Crippen molar-refractivity contribution in [3.05, 3.63) is 156 Å². The van der Waals surface area contributed by atoms with E-state index in [4.69, 9.17) is 14.4 Å². The smallest absolute Gasteiger partial charge is 0.169 e. The Morgan fingerprint density at radius 2 is 1.33 bits per heavy atom. The number of fused-ring (bicyclic) bond motifs is 6. The van der Waals surface area contributed by atoms with Crippen molar-refractivity contribution >= 4 is 43.9 Å². The normalized spacial score (nSPS) is 11.4. The van der Waals surface area contributed by atoms with Crippen LogP contribution in [0.4, 0.5) is 0 Å². The van der Waals surface area contributed by atoms with Gasteiger partial charge in [-0.15, -0.1) is 54.1 Å². The number of pyridine rings is 2. The zero-order valence-electron chi connectivity index (χ0n) is 29.8. The molecule has 1 radical (unpaired) electrons. The Hall–Kier alpha value is -5.42. The molecule has 0 saturated carbocycles. The van der Waals surface area contributed by atoms with Crippen LogP contribution in [-0.4, -0.2) is 19.5 Å². The Labute approximate surface area is 317 Å². The van der Waals surface area contributed by atoms with Gasteiger partial charge in [-0.3, -0.25) is 4.98 Å². The number of aryl methyl sites for hydroxylation is 1. The molecular weight excluding hydrogens is 817 g/mol. The molecule has 259 valence electrons. The van der Waals surface area contributed by atoms with E-state index in [1.807, 2.05) is 60.7 Å². The van der Waals surface area contributed by atoms with Crippen LogP contribution in [0.15, 0.2) is 132 Å². The zero-order valence-corrected chi connectivity index (χ0v) is 32.2. The van der Waals surface area contributed by atoms with E-state index >= 15 is 0 Å². The van der Waals surface area contributed by atoms with Gasteiger partial charge in [0.05, 0.1) is 16.9 Å². The molecule has 9 rings (SSSR count). The van der Waals surface area contributed by atoms with E-state index in [9.17, 15) is 0 Å². The van der Waals surface area contributed by atoms with Crippen LogP contribution in [-0.2, 0) is 20.1 Å². The van der Waals surface area contributed by atoms with Gasteiger partial charge in [-0.2, -0.15) is 0 Å². The molecule has 0 saturated heterocycles. The van der Waals surface area contributed by atoms with E-state index in [-0.39, 0.29) is 20.1 Å². The van der Waals surface area contributed by atoms with Gasteiger partial charge in [-0.25, -0.2) is 4.98 Å². The number of rotatable bonds is 5. The van der Waals surface area contributed by atoms with Crippen LogP contribution in [0, 0.1) is 19.1 Å². The number of hydrogen-bond acceptors (Lipinski definition) is 4. The molecule has 4 heterocycles. The molecule has 5 nitrogen and oxygen atoms in total. The van der Waals surface area contributed by atoms with Crippen molar-refractivity contribution in [1.82, 2.24) is 19.5 Å². The zero-order chi connectivity index (χ0) is 35.1. The van der Waals surface area contributed by atoms with Crippen LogP contribution in [0.25, 0.3) is 72.2 Å². The second-order valence-corrected chi connectivity index (χ2v) is 13.5. The second kappa shape index (κ2) is 14.7. The molecule has 4 aromatic heterocycles. The molecule has 0 amide bonds. The first-order valence-corrected chi connectivity index (χ1v) is 17.5. The number of hydrogen-bond donors (Lipinski definition) is 0. The SMILES string of the molecule is Cc1nc2nc(-c3[c-]ccc4c3oc3ccccc34)n(-c3c(C(C)C)cccc3C(C)C)c2c2ccccc12.[Ir].[c-]1ccccc1-c1ccccn1. The van der Waals surface area contributed by atoms with Crippen molar-refractivity contribution in [2.45, 2.75) is 46.5 Å². The summed E-state index contributed by atoms with van der Waals surface area (Å²) in [6.45, 7) is 11.1. The Kier molecular flexibility index (Phi) is 9.87. The van der Waals surface area contributed by atoms with E-state index in [0.29, 0.717) is 11.8 Å². The molecule has 5 aromatic carbocycles. The summed E-state index contributed by atoms with van der Waals surface area (Å²) in [5, 5.41) is 4.43. The van der Waals surface area contributed by atoms with Gasteiger partial charge in [-0.1, -0.05) is 111 Å². The van der Waals surface area contributed by atoms with E-state index in [1.165, 1.54) is 16.8 Å². The van der Waals surface area contributed by atoms with Crippen molar-refractivity contribution in [2.24, 2.45) is 0 Å². The molecule has 0 N–H and O–H groups in total. The van der Waals surface area contributed by atoms with Crippen molar-refractivity contribution in [1.29, 1.82) is 0 Å². The minimum Gasteiger partial charge on any atom is -0.501 e. The third-order valence-corrected chi connectivity index (χ3v) is 9.48. The fourth-order valence-electron chi connectivity index (χ4n) is 7.04. The summed E-state index contributed by atoms with van der Waals surface area (Å²) in [5.74, 6) is 1.44. The molecule has 0 bridgehead atoms. The summed E-state index contributed by atoms with van der Waals surface area (Å²) >= 11 is 0. The molecule has 0 unspecified atom stereocenters. The largest absolute Gasteiger partial charge is 0.501 e. The fraction of sp³-hybridized carbons (Fsp3) is 0.152. The summed E-state index contributed by atoms with van der Waals surface area (Å²) in [5.41, 5.74) is 11.0. The molecule has 0 spiro atoms. The molecule has 0 atom stereocenters. The fourth-order valence-corrected chi connectivity index (χ4v) is 7.04. The summed E-state index contributed by atoms with van der Waals surface area (Å²) in [7, 11) is 0. The number of benzene rings is 5. The summed E-state index contributed by atoms with van der Waals surface area (Å²) < 4.78 is 8.83. The number of para-hydroxylation sites is 2. The van der Waals surface area contributed by atoms with Crippen molar-refractivity contribution in [3.63, 3.8) is 0 Å². The van der Waals surface area contributed by atoms with Crippen LogP contribution in [0.3, 0.4) is 0 Å². The van der Waals surface area contributed by atoms with Gasteiger partial charge in [0.1, 0.15) is 5.58 Å². The third kappa shape index (κ3) is 6.23. The topological polar surface area (TPSA) is 56.7 Å². The monoisotopic (exact) mass is 855 g/mol. The summed E-state index contributed by atoms with van der Waals surface area (Å²) in [6, 6.07) is 47.8. The van der Waals surface area contributed by atoms with Gasteiger partial charge in [0, 0.05) is 53.8 Å². The van der Waals surface area contributed by atoms with E-state index in [1.54, 1.807) is 6.20 Å². The minimum atomic E-state index is 0. The quantitative estimate of drug-likeness (QED) is 0.162. The molecule has 0 aliphatic carbocycles. The van der Waals surface area contributed by atoms with Gasteiger partial charge in [-0.05, 0) is 47.7 Å². The number of imidazole rings is 1. The van der Waals surface area contributed by atoms with Gasteiger partial charge < -0.3 is 14.0 Å². The van der Waals surface area contributed by atoms with Crippen LogP contribution < -0.4 is 0 Å². The molecular formula is C46H38IrN4O-2. The summed E-state index contributed by atoms with van der Waals surface area (Å²) in [6.07, 6.45) is 1.79. The Morgan fingerprint density at radius 3 is 2.02 bits per heavy atom. The number of furan rings is 1. The molecule has 0 fully saturated rings. The molecule has 0 aliphatic rings. The van der Waals surface area contributed by atoms with Gasteiger partial charge in [0.15, 0.2) is 5.65 Å². The standard InChI is InChI=1S/C35H30N3O.C11H8N.Ir/c1-20(2)23-15-10-16-24(21(3)4)31(23)38-32-27-14-7-6-12-25(27)22(5)36-34(32)37-35(38)29-18-11-17-28-26-13-8-9-19-30(26)39-33(28)29;1-2-6-10(7-3-1)11-8-4-5-9-12-11;/h6-17,19-21H,1-5H3;1-6,8-9H;/q2*-1;. The molecule has 0 aliphatic heterocycles. The van der Waals surface area contributed by atoms with Crippen molar-refractivity contribution in [3.8, 4) is 28.3 Å². The van der Waals surface area contributed by atoms with Gasteiger partial charge in [0.2, 0.25) is 0 Å². The Balaban J connectivity index is 0.000000275. The third-order valence-electron chi connectivity index (χ3n) is 9.48. The van der Waals surface area contributed by atoms with E-state index < -0.39 is 0 Å². The maximum Gasteiger partial charge on any atom is 0.169 e. The minimum absolute atomic E-state index is 0. The average Bonchev–Trinajstić information content (AvgIpc) is 3.74. The predicted octanol–water partition coefficient (Wildman–Crippen LogP) is 12.0. The van der Waals surface area contributed by atoms with Crippen LogP contribution >= 0.6 is 0 Å². The average molecular weight is 855 g/mol. The second-order valence-electron chi connectivity index (χ2n) is 13.5. The molecule has 52 heavy (non-hydrogen) atoms. The maximum atomic E-state index is 6.49. The first-order valence-electron chi connectivity index (χ1n) is 17.5. The van der Waals surface area contributed by atoms with Crippen molar-refractivity contribution < 1.29 is 24.5 Å². The number of aromatic nitrogens is 4. The van der Waals surface area contributed by atoms with Crippen LogP contribution in [0.1, 0.15) is 56.4 Å². The molecule has 6 heteroatoms. The first-order chi connectivity index (χ1) is 24.9. The summed E-state index contributed by atoms with van der Waals surface area (Å²) in [4.78, 5) is 14.5. The van der Waals surface area contributed by atoms with Crippen LogP contribution in [0.2, 0.25) is 0 Å². The van der Waals surface area contributed by atoms with E-state index in [2.05, 4.69) is 117 Å². The van der Waals surface area contributed by atoms with Crippen molar-refractivity contribution in [2.75, 3.05) is 0 Å². The van der Waals surface area contributed by atoms with E-state index in [0.717, 1.165) is 72.2 Å². The van der Waals surface area contributed by atoms with Gasteiger partial charge >= 0.3 is 0 Å². The first kappa shape index (κ1) is 35.0.